The number of esters is 1. The van der Waals surface area contributed by atoms with E-state index < -0.39 is 24.5 Å². The van der Waals surface area contributed by atoms with Crippen LogP contribution in [0.3, 0.4) is 0 Å². The van der Waals surface area contributed by atoms with Crippen molar-refractivity contribution in [3.63, 3.8) is 0 Å². The first kappa shape index (κ1) is 21.3. The molecule has 0 saturated heterocycles. The highest BCUT2D eigenvalue weighted by Crippen LogP contribution is 2.44. The second-order valence-electron chi connectivity index (χ2n) is 7.92. The lowest BCUT2D eigenvalue weighted by atomic mass is 9.79. The van der Waals surface area contributed by atoms with Crippen molar-refractivity contribution >= 4 is 35.3 Å². The molecular formula is C25H21ClN2O5. The molecule has 2 aliphatic rings. The summed E-state index contributed by atoms with van der Waals surface area (Å²) in [6, 6.07) is 13.5. The Bertz CT molecular complexity index is 1210. The minimum Gasteiger partial charge on any atom is -0.467 e. The number of ether oxygens (including phenoxy) is 1. The number of amides is 1. The van der Waals surface area contributed by atoms with E-state index in [1.807, 2.05) is 24.3 Å². The summed E-state index contributed by atoms with van der Waals surface area (Å²) in [5, 5.41) is 6.35. The van der Waals surface area contributed by atoms with Gasteiger partial charge in [0.05, 0.1) is 28.8 Å². The van der Waals surface area contributed by atoms with Crippen molar-refractivity contribution in [1.82, 2.24) is 5.01 Å². The number of carbonyl (C=O) groups excluding carboxylic acids is 2. The summed E-state index contributed by atoms with van der Waals surface area (Å²) in [7, 11) is 0. The summed E-state index contributed by atoms with van der Waals surface area (Å²) in [5.74, 6) is 0.265. The summed E-state index contributed by atoms with van der Waals surface area (Å²) >= 11 is 6.06. The van der Waals surface area contributed by atoms with Crippen molar-refractivity contribution in [3.05, 3.63) is 88.7 Å². The zero-order chi connectivity index (χ0) is 22.8. The normalized spacial score (nSPS) is 21.1. The van der Waals surface area contributed by atoms with E-state index in [-0.39, 0.29) is 16.5 Å². The van der Waals surface area contributed by atoms with Crippen LogP contribution in [0.5, 0.6) is 0 Å². The summed E-state index contributed by atoms with van der Waals surface area (Å²) in [4.78, 5) is 25.6. The predicted molar refractivity (Wildman–Crippen MR) is 121 cm³/mol. The number of carbonyl (C=O) groups is 2. The van der Waals surface area contributed by atoms with E-state index in [1.165, 1.54) is 5.01 Å². The summed E-state index contributed by atoms with van der Waals surface area (Å²) in [6.45, 7) is -0.456. The predicted octanol–water partition coefficient (Wildman–Crippen LogP) is 5.51. The number of nitrogens with zero attached hydrogens (tertiary/aromatic N) is 2. The highest BCUT2D eigenvalue weighted by Gasteiger charge is 2.45. The van der Waals surface area contributed by atoms with Crippen molar-refractivity contribution < 1.29 is 23.2 Å². The van der Waals surface area contributed by atoms with Crippen LogP contribution in [-0.4, -0.2) is 29.2 Å². The quantitative estimate of drug-likeness (QED) is 0.465. The molecule has 5 rings (SSSR count). The molecule has 0 spiro atoms. The number of allylic oxidation sites excluding steroid dienone is 1. The van der Waals surface area contributed by atoms with Crippen LogP contribution in [0.25, 0.3) is 6.08 Å². The van der Waals surface area contributed by atoms with Crippen LogP contribution in [-0.2, 0) is 9.53 Å². The molecule has 1 saturated carbocycles. The van der Waals surface area contributed by atoms with Gasteiger partial charge in [0.1, 0.15) is 17.6 Å². The average Bonchev–Trinajstić information content (AvgIpc) is 3.58. The van der Waals surface area contributed by atoms with Crippen molar-refractivity contribution in [2.45, 2.75) is 25.3 Å². The topological polar surface area (TPSA) is 85.3 Å². The highest BCUT2D eigenvalue weighted by molar-refractivity contribution is 6.33. The SMILES string of the molecule is O=C(OCC(=O)N1N=C2/C(=C\c3ccco3)CCC[C@H]2[C@@H]1c1ccco1)c1ccccc1Cl. The Morgan fingerprint density at radius 2 is 1.94 bits per heavy atom. The Labute approximate surface area is 195 Å². The third-order valence-electron chi connectivity index (χ3n) is 5.87. The van der Waals surface area contributed by atoms with E-state index in [1.54, 1.807) is 42.9 Å². The van der Waals surface area contributed by atoms with Gasteiger partial charge in [0.2, 0.25) is 0 Å². The van der Waals surface area contributed by atoms with Crippen LogP contribution in [0, 0.1) is 5.92 Å². The molecule has 2 atom stereocenters. The number of fused-ring (bicyclic) bond motifs is 1. The lowest BCUT2D eigenvalue weighted by molar-refractivity contribution is -0.137. The molecular weight excluding hydrogens is 444 g/mol. The fraction of sp³-hybridized carbons (Fsp3) is 0.240. The molecule has 1 amide bonds. The van der Waals surface area contributed by atoms with E-state index in [9.17, 15) is 9.59 Å². The minimum absolute atomic E-state index is 0.0191. The Kier molecular flexibility index (Phi) is 5.88. The number of hydrogen-bond donors (Lipinski definition) is 0. The van der Waals surface area contributed by atoms with Gasteiger partial charge in [-0.2, -0.15) is 5.10 Å². The van der Waals surface area contributed by atoms with Gasteiger partial charge in [-0.15, -0.1) is 0 Å². The molecule has 0 radical (unpaired) electrons. The van der Waals surface area contributed by atoms with Gasteiger partial charge in [-0.25, -0.2) is 9.80 Å². The first-order valence-corrected chi connectivity index (χ1v) is 11.1. The Morgan fingerprint density at radius 3 is 2.70 bits per heavy atom. The second kappa shape index (κ2) is 9.11. The van der Waals surface area contributed by atoms with Crippen molar-refractivity contribution in [2.75, 3.05) is 6.61 Å². The molecule has 1 aliphatic carbocycles. The van der Waals surface area contributed by atoms with Crippen LogP contribution >= 0.6 is 11.6 Å². The molecule has 1 aliphatic heterocycles. The molecule has 33 heavy (non-hydrogen) atoms. The Hall–Kier alpha value is -3.58. The van der Waals surface area contributed by atoms with Gasteiger partial charge in [0.25, 0.3) is 5.91 Å². The molecule has 7 nitrogen and oxygen atoms in total. The van der Waals surface area contributed by atoms with Crippen LogP contribution in [0.4, 0.5) is 0 Å². The third-order valence-corrected chi connectivity index (χ3v) is 6.20. The van der Waals surface area contributed by atoms with Gasteiger partial charge in [0.15, 0.2) is 6.61 Å². The maximum atomic E-state index is 13.2. The van der Waals surface area contributed by atoms with Gasteiger partial charge in [-0.3, -0.25) is 4.79 Å². The van der Waals surface area contributed by atoms with Gasteiger partial charge < -0.3 is 13.6 Å². The summed E-state index contributed by atoms with van der Waals surface area (Å²) in [5.41, 5.74) is 2.07. The fourth-order valence-corrected chi connectivity index (χ4v) is 4.60. The van der Waals surface area contributed by atoms with Gasteiger partial charge in [0, 0.05) is 5.92 Å². The first-order chi connectivity index (χ1) is 16.1. The average molecular weight is 465 g/mol. The number of furan rings is 2. The third kappa shape index (κ3) is 4.24. The molecule has 0 bridgehead atoms. The number of hydrazone groups is 1. The molecule has 2 aromatic heterocycles. The van der Waals surface area contributed by atoms with Crippen molar-refractivity contribution in [1.29, 1.82) is 0 Å². The zero-order valence-corrected chi connectivity index (χ0v) is 18.4. The number of hydrogen-bond acceptors (Lipinski definition) is 6. The highest BCUT2D eigenvalue weighted by atomic mass is 35.5. The van der Waals surface area contributed by atoms with Crippen molar-refractivity contribution in [3.8, 4) is 0 Å². The van der Waals surface area contributed by atoms with Gasteiger partial charge >= 0.3 is 5.97 Å². The molecule has 3 aromatic rings. The second-order valence-corrected chi connectivity index (χ2v) is 8.33. The Morgan fingerprint density at radius 1 is 1.12 bits per heavy atom. The first-order valence-electron chi connectivity index (χ1n) is 10.7. The van der Waals surface area contributed by atoms with Gasteiger partial charge in [-0.05, 0) is 67.3 Å². The molecule has 0 unspecified atom stereocenters. The lowest BCUT2D eigenvalue weighted by Crippen LogP contribution is -2.34. The number of benzene rings is 1. The van der Waals surface area contributed by atoms with E-state index in [0.29, 0.717) is 5.76 Å². The van der Waals surface area contributed by atoms with Crippen LogP contribution in [0.2, 0.25) is 5.02 Å². The molecule has 0 N–H and O–H groups in total. The van der Waals surface area contributed by atoms with E-state index >= 15 is 0 Å². The molecule has 3 heterocycles. The fourth-order valence-electron chi connectivity index (χ4n) is 4.39. The summed E-state index contributed by atoms with van der Waals surface area (Å²) in [6.07, 6.45) is 7.83. The largest absolute Gasteiger partial charge is 0.467 e. The monoisotopic (exact) mass is 464 g/mol. The number of halogens is 1. The van der Waals surface area contributed by atoms with Crippen molar-refractivity contribution in [2.24, 2.45) is 11.0 Å². The van der Waals surface area contributed by atoms with E-state index in [0.717, 1.165) is 36.3 Å². The molecule has 1 aromatic carbocycles. The molecule has 168 valence electrons. The van der Waals surface area contributed by atoms with Crippen LogP contribution in [0.1, 0.15) is 47.2 Å². The zero-order valence-electron chi connectivity index (χ0n) is 17.6. The molecule has 1 fully saturated rings. The smallest absolute Gasteiger partial charge is 0.340 e. The van der Waals surface area contributed by atoms with Crippen LogP contribution < -0.4 is 0 Å². The van der Waals surface area contributed by atoms with Crippen LogP contribution in [0.15, 0.2) is 80.6 Å². The maximum absolute atomic E-state index is 13.2. The van der Waals surface area contributed by atoms with E-state index in [4.69, 9.17) is 30.3 Å². The maximum Gasteiger partial charge on any atom is 0.340 e. The standard InChI is InChI=1S/C25H21ClN2O5/c26-20-10-2-1-8-18(20)25(30)33-15-22(29)28-24(21-11-5-13-32-21)19-9-3-6-16(23(19)27-28)14-17-7-4-12-31-17/h1-2,4-5,7-8,10-14,19,24H,3,6,9,15H2/b16-14-/t19-,24-/m1/s1. The number of rotatable bonds is 5. The van der Waals surface area contributed by atoms with Gasteiger partial charge in [-0.1, -0.05) is 23.7 Å². The minimum atomic E-state index is -0.661. The molecule has 8 heteroatoms. The summed E-state index contributed by atoms with van der Waals surface area (Å²) < 4.78 is 16.4. The van der Waals surface area contributed by atoms with E-state index in [2.05, 4.69) is 0 Å². The lowest BCUT2D eigenvalue weighted by Gasteiger charge is -2.27. The Balaban J connectivity index is 1.40.